The molecule has 0 radical (unpaired) electrons. The van der Waals surface area contributed by atoms with Crippen LogP contribution in [-0.2, 0) is 12.8 Å². The maximum Gasteiger partial charge on any atom is 0.163 e. The van der Waals surface area contributed by atoms with E-state index in [1.54, 1.807) is 6.33 Å². The second kappa shape index (κ2) is 6.69. The minimum Gasteiger partial charge on any atom is -0.486 e. The van der Waals surface area contributed by atoms with Gasteiger partial charge in [0.15, 0.2) is 11.5 Å². The van der Waals surface area contributed by atoms with Gasteiger partial charge in [-0.25, -0.2) is 9.97 Å². The number of rotatable bonds is 2. The van der Waals surface area contributed by atoms with Crippen molar-refractivity contribution in [1.29, 1.82) is 0 Å². The van der Waals surface area contributed by atoms with Crippen molar-refractivity contribution in [1.82, 2.24) is 9.97 Å². The summed E-state index contributed by atoms with van der Waals surface area (Å²) in [6.45, 7) is 1.19. The molecule has 3 aromatic rings. The van der Waals surface area contributed by atoms with Crippen LogP contribution < -0.4 is 14.8 Å². The fourth-order valence-electron chi connectivity index (χ4n) is 3.44. The first-order chi connectivity index (χ1) is 11.9. The zero-order valence-corrected chi connectivity index (χ0v) is 15.2. The van der Waals surface area contributed by atoms with Crippen LogP contribution in [0.25, 0.3) is 10.2 Å². The third kappa shape index (κ3) is 2.89. The van der Waals surface area contributed by atoms with Gasteiger partial charge >= 0.3 is 0 Å². The predicted molar refractivity (Wildman–Crippen MR) is 102 cm³/mol. The molecule has 3 heterocycles. The van der Waals surface area contributed by atoms with E-state index in [0.717, 1.165) is 34.3 Å². The number of nitrogens with one attached hydrogen (secondary N) is 1. The SMILES string of the molecule is Cl.c1nc(Nc2ccc3c(c2)OCCO3)c2c3c(sc2n1)CCCC3. The van der Waals surface area contributed by atoms with E-state index >= 15 is 0 Å². The van der Waals surface area contributed by atoms with Crippen LogP contribution in [0.5, 0.6) is 11.5 Å². The van der Waals surface area contributed by atoms with Crippen molar-refractivity contribution in [3.8, 4) is 11.5 Å². The highest BCUT2D eigenvalue weighted by molar-refractivity contribution is 7.19. The third-order valence-corrected chi connectivity index (χ3v) is 5.76. The summed E-state index contributed by atoms with van der Waals surface area (Å²) in [6.07, 6.45) is 6.46. The predicted octanol–water partition coefficient (Wildman–Crippen LogP) is 4.51. The molecule has 0 unspecified atom stereocenters. The summed E-state index contributed by atoms with van der Waals surface area (Å²) in [4.78, 5) is 11.5. The highest BCUT2D eigenvalue weighted by atomic mass is 35.5. The fraction of sp³-hybridized carbons (Fsp3) is 0.333. The Morgan fingerprint density at radius 3 is 2.76 bits per heavy atom. The normalized spacial score (nSPS) is 15.4. The van der Waals surface area contributed by atoms with Gasteiger partial charge in [0.25, 0.3) is 0 Å². The van der Waals surface area contributed by atoms with Crippen molar-refractivity contribution in [3.63, 3.8) is 0 Å². The Hall–Kier alpha value is -2.05. The molecular weight excluding hydrogens is 358 g/mol. The van der Waals surface area contributed by atoms with Gasteiger partial charge in [-0.05, 0) is 43.4 Å². The Morgan fingerprint density at radius 2 is 1.84 bits per heavy atom. The Labute approximate surface area is 155 Å². The van der Waals surface area contributed by atoms with E-state index in [-0.39, 0.29) is 12.4 Å². The second-order valence-corrected chi connectivity index (χ2v) is 7.18. The zero-order valence-electron chi connectivity index (χ0n) is 13.6. The van der Waals surface area contributed by atoms with Gasteiger partial charge in [-0.1, -0.05) is 0 Å². The molecule has 1 aliphatic heterocycles. The molecule has 0 saturated heterocycles. The average Bonchev–Trinajstić information content (AvgIpc) is 3.01. The molecule has 1 aliphatic carbocycles. The molecule has 5 nitrogen and oxygen atoms in total. The molecule has 0 bridgehead atoms. The van der Waals surface area contributed by atoms with E-state index in [4.69, 9.17) is 9.47 Å². The molecule has 1 N–H and O–H groups in total. The second-order valence-electron chi connectivity index (χ2n) is 6.10. The van der Waals surface area contributed by atoms with Gasteiger partial charge in [0.2, 0.25) is 0 Å². The van der Waals surface area contributed by atoms with Crippen LogP contribution in [0.1, 0.15) is 23.3 Å². The Morgan fingerprint density at radius 1 is 1.00 bits per heavy atom. The Bertz CT molecular complexity index is 928. The molecule has 1 aromatic carbocycles. The van der Waals surface area contributed by atoms with E-state index < -0.39 is 0 Å². The van der Waals surface area contributed by atoms with Crippen LogP contribution in [0.4, 0.5) is 11.5 Å². The molecule has 7 heteroatoms. The van der Waals surface area contributed by atoms with Crippen molar-refractivity contribution in [2.24, 2.45) is 0 Å². The average molecular weight is 376 g/mol. The molecule has 130 valence electrons. The molecule has 0 saturated carbocycles. The lowest BCUT2D eigenvalue weighted by molar-refractivity contribution is 0.171. The first kappa shape index (κ1) is 16.4. The fourth-order valence-corrected chi connectivity index (χ4v) is 4.67. The quantitative estimate of drug-likeness (QED) is 0.714. The molecule has 0 amide bonds. The van der Waals surface area contributed by atoms with Crippen LogP contribution in [0.15, 0.2) is 24.5 Å². The molecule has 0 spiro atoms. The number of aryl methyl sites for hydroxylation is 2. The smallest absolute Gasteiger partial charge is 0.163 e. The lowest BCUT2D eigenvalue weighted by Gasteiger charge is -2.19. The summed E-state index contributed by atoms with van der Waals surface area (Å²) in [7, 11) is 0. The topological polar surface area (TPSA) is 56.3 Å². The summed E-state index contributed by atoms with van der Waals surface area (Å²) >= 11 is 1.81. The number of aromatic nitrogens is 2. The Kier molecular flexibility index (Phi) is 4.39. The van der Waals surface area contributed by atoms with Crippen molar-refractivity contribution in [3.05, 3.63) is 35.0 Å². The molecule has 0 atom stereocenters. The number of hydrogen-bond donors (Lipinski definition) is 1. The summed E-state index contributed by atoms with van der Waals surface area (Å²) in [5.74, 6) is 2.47. The molecule has 5 rings (SSSR count). The number of ether oxygens (including phenoxy) is 2. The van der Waals surface area contributed by atoms with E-state index in [1.165, 1.54) is 35.1 Å². The Balaban J connectivity index is 0.00000157. The summed E-state index contributed by atoms with van der Waals surface area (Å²) in [6, 6.07) is 5.92. The number of fused-ring (bicyclic) bond motifs is 4. The molecule has 25 heavy (non-hydrogen) atoms. The number of nitrogens with zero attached hydrogens (tertiary/aromatic N) is 2. The van der Waals surface area contributed by atoms with E-state index in [2.05, 4.69) is 15.3 Å². The standard InChI is InChI=1S/C18H17N3O2S.ClH/c1-2-4-15-12(3-1)16-17(19-10-20-18(16)24-15)21-11-5-6-13-14(9-11)23-8-7-22-13;/h5-6,9-10H,1-4,7-8H2,(H,19,20,21);1H. The van der Waals surface area contributed by atoms with Crippen LogP contribution in [0, 0.1) is 0 Å². The van der Waals surface area contributed by atoms with E-state index in [1.807, 2.05) is 29.5 Å². The van der Waals surface area contributed by atoms with Gasteiger partial charge in [-0.15, -0.1) is 23.7 Å². The number of benzene rings is 1. The lowest BCUT2D eigenvalue weighted by atomic mass is 9.97. The molecule has 0 fully saturated rings. The summed E-state index contributed by atoms with van der Waals surface area (Å²) < 4.78 is 11.3. The minimum atomic E-state index is 0. The minimum absolute atomic E-state index is 0. The van der Waals surface area contributed by atoms with Crippen molar-refractivity contribution in [2.75, 3.05) is 18.5 Å². The maximum absolute atomic E-state index is 5.67. The van der Waals surface area contributed by atoms with Crippen molar-refractivity contribution < 1.29 is 9.47 Å². The highest BCUT2D eigenvalue weighted by Crippen LogP contribution is 2.40. The highest BCUT2D eigenvalue weighted by Gasteiger charge is 2.20. The van der Waals surface area contributed by atoms with Gasteiger partial charge in [-0.2, -0.15) is 0 Å². The largest absolute Gasteiger partial charge is 0.486 e. The summed E-state index contributed by atoms with van der Waals surface area (Å²) in [5.41, 5.74) is 2.39. The van der Waals surface area contributed by atoms with Gasteiger partial charge < -0.3 is 14.8 Å². The number of halogens is 1. The first-order valence-electron chi connectivity index (χ1n) is 8.30. The van der Waals surface area contributed by atoms with Gasteiger partial charge in [0.1, 0.15) is 30.2 Å². The zero-order chi connectivity index (χ0) is 15.9. The van der Waals surface area contributed by atoms with E-state index in [9.17, 15) is 0 Å². The van der Waals surface area contributed by atoms with Crippen molar-refractivity contribution >= 4 is 45.5 Å². The van der Waals surface area contributed by atoms with Crippen LogP contribution in [0.2, 0.25) is 0 Å². The number of anilines is 2. The van der Waals surface area contributed by atoms with Crippen LogP contribution >= 0.6 is 23.7 Å². The number of hydrogen-bond acceptors (Lipinski definition) is 6. The van der Waals surface area contributed by atoms with Crippen LogP contribution in [0.3, 0.4) is 0 Å². The van der Waals surface area contributed by atoms with E-state index in [0.29, 0.717) is 13.2 Å². The van der Waals surface area contributed by atoms with Gasteiger partial charge in [0.05, 0.1) is 5.39 Å². The molecular formula is C18H18ClN3O2S. The van der Waals surface area contributed by atoms with Crippen molar-refractivity contribution in [2.45, 2.75) is 25.7 Å². The maximum atomic E-state index is 5.67. The molecule has 2 aromatic heterocycles. The van der Waals surface area contributed by atoms with Gasteiger partial charge in [0, 0.05) is 16.6 Å². The third-order valence-electron chi connectivity index (χ3n) is 4.56. The molecule has 2 aliphatic rings. The summed E-state index contributed by atoms with van der Waals surface area (Å²) in [5, 5.41) is 4.64. The first-order valence-corrected chi connectivity index (χ1v) is 9.12. The van der Waals surface area contributed by atoms with Gasteiger partial charge in [-0.3, -0.25) is 0 Å². The van der Waals surface area contributed by atoms with Crippen LogP contribution in [-0.4, -0.2) is 23.2 Å². The lowest BCUT2D eigenvalue weighted by Crippen LogP contribution is -2.15. The number of thiophene rings is 1. The monoisotopic (exact) mass is 375 g/mol.